The first kappa shape index (κ1) is 17.6. The highest BCUT2D eigenvalue weighted by molar-refractivity contribution is 6.35. The molecule has 134 valence electrons. The predicted molar refractivity (Wildman–Crippen MR) is 114 cm³/mol. The highest BCUT2D eigenvalue weighted by Gasteiger charge is 2.20. The molecule has 0 aliphatic carbocycles. The van der Waals surface area contributed by atoms with Gasteiger partial charge in [0.25, 0.3) is 0 Å². The van der Waals surface area contributed by atoms with Crippen LogP contribution in [0.1, 0.15) is 16.7 Å². The maximum atomic E-state index is 6.88. The topological polar surface area (TPSA) is 17.8 Å². The van der Waals surface area contributed by atoms with Crippen molar-refractivity contribution in [2.24, 2.45) is 0 Å². The fourth-order valence-corrected chi connectivity index (χ4v) is 3.46. The van der Waals surface area contributed by atoms with Gasteiger partial charge >= 0.3 is 0 Å². The first-order valence-electron chi connectivity index (χ1n) is 9.02. The molecule has 4 aromatic rings. The van der Waals surface area contributed by atoms with Crippen molar-refractivity contribution in [2.45, 2.75) is 20.8 Å². The minimum absolute atomic E-state index is 0.670. The minimum Gasteiger partial charge on any atom is -0.231 e. The fraction of sp³-hybridized carbons (Fsp3) is 0.125. The van der Waals surface area contributed by atoms with E-state index >= 15 is 0 Å². The highest BCUT2D eigenvalue weighted by atomic mass is 35.5. The minimum atomic E-state index is 0.670. The zero-order valence-corrected chi connectivity index (χ0v) is 16.5. The second kappa shape index (κ2) is 7.05. The van der Waals surface area contributed by atoms with E-state index in [1.807, 2.05) is 4.68 Å². The third-order valence-corrected chi connectivity index (χ3v) is 5.11. The summed E-state index contributed by atoms with van der Waals surface area (Å²) >= 11 is 6.88. The number of benzene rings is 3. The van der Waals surface area contributed by atoms with Gasteiger partial charge in [-0.05, 0) is 32.9 Å². The van der Waals surface area contributed by atoms with Crippen LogP contribution in [0.25, 0.3) is 28.2 Å². The van der Waals surface area contributed by atoms with Gasteiger partial charge in [-0.15, -0.1) is 0 Å². The van der Waals surface area contributed by atoms with E-state index in [1.54, 1.807) is 0 Å². The molecular formula is C24H21ClN2. The molecule has 0 atom stereocenters. The third-order valence-electron chi connectivity index (χ3n) is 4.76. The molecule has 0 unspecified atom stereocenters. The zero-order valence-electron chi connectivity index (χ0n) is 15.7. The van der Waals surface area contributed by atoms with Gasteiger partial charge in [-0.25, -0.2) is 4.68 Å². The summed E-state index contributed by atoms with van der Waals surface area (Å²) in [5.41, 5.74) is 8.43. The van der Waals surface area contributed by atoms with Crippen molar-refractivity contribution < 1.29 is 0 Å². The number of halogens is 1. The Morgan fingerprint density at radius 3 is 1.59 bits per heavy atom. The Hall–Kier alpha value is -2.84. The van der Waals surface area contributed by atoms with Crippen LogP contribution in [0.2, 0.25) is 5.02 Å². The van der Waals surface area contributed by atoms with E-state index in [2.05, 4.69) is 93.6 Å². The normalized spacial score (nSPS) is 11.0. The van der Waals surface area contributed by atoms with Gasteiger partial charge in [-0.3, -0.25) is 0 Å². The second-order valence-electron chi connectivity index (χ2n) is 6.99. The van der Waals surface area contributed by atoms with Gasteiger partial charge in [0.15, 0.2) is 0 Å². The molecule has 1 heterocycles. The van der Waals surface area contributed by atoms with E-state index in [9.17, 15) is 0 Å². The largest absolute Gasteiger partial charge is 0.231 e. The number of hydrogen-bond donors (Lipinski definition) is 0. The van der Waals surface area contributed by atoms with E-state index in [0.29, 0.717) is 5.02 Å². The van der Waals surface area contributed by atoms with Crippen molar-refractivity contribution in [1.29, 1.82) is 0 Å². The quantitative estimate of drug-likeness (QED) is 0.387. The van der Waals surface area contributed by atoms with Crippen LogP contribution < -0.4 is 0 Å². The Morgan fingerprint density at radius 2 is 1.07 bits per heavy atom. The molecule has 0 aliphatic rings. The third kappa shape index (κ3) is 3.41. The van der Waals surface area contributed by atoms with Gasteiger partial charge < -0.3 is 0 Å². The van der Waals surface area contributed by atoms with Gasteiger partial charge in [0.2, 0.25) is 0 Å². The van der Waals surface area contributed by atoms with Gasteiger partial charge in [0.05, 0.1) is 16.4 Å². The monoisotopic (exact) mass is 372 g/mol. The summed E-state index contributed by atoms with van der Waals surface area (Å²) in [6.45, 7) is 6.24. The molecule has 2 nitrogen and oxygen atoms in total. The van der Waals surface area contributed by atoms with E-state index in [-0.39, 0.29) is 0 Å². The van der Waals surface area contributed by atoms with E-state index < -0.39 is 0 Å². The van der Waals surface area contributed by atoms with Crippen LogP contribution in [0.15, 0.2) is 72.8 Å². The highest BCUT2D eigenvalue weighted by Crippen LogP contribution is 2.38. The average molecular weight is 373 g/mol. The zero-order chi connectivity index (χ0) is 19.0. The molecule has 0 spiro atoms. The van der Waals surface area contributed by atoms with Crippen molar-refractivity contribution in [3.05, 3.63) is 94.5 Å². The Kier molecular flexibility index (Phi) is 4.59. The summed E-state index contributed by atoms with van der Waals surface area (Å²) in [7, 11) is 0. The summed E-state index contributed by atoms with van der Waals surface area (Å²) in [4.78, 5) is 0. The smallest absolute Gasteiger partial charge is 0.112 e. The van der Waals surface area contributed by atoms with Crippen LogP contribution in [0.3, 0.4) is 0 Å². The first-order chi connectivity index (χ1) is 13.0. The fourth-order valence-electron chi connectivity index (χ4n) is 3.13. The predicted octanol–water partition coefficient (Wildman–Crippen LogP) is 6.78. The molecule has 0 bridgehead atoms. The number of aryl methyl sites for hydroxylation is 3. The van der Waals surface area contributed by atoms with Crippen LogP contribution in [0, 0.1) is 20.8 Å². The van der Waals surface area contributed by atoms with Crippen molar-refractivity contribution in [3.8, 4) is 28.2 Å². The van der Waals surface area contributed by atoms with Crippen molar-refractivity contribution >= 4 is 11.6 Å². The van der Waals surface area contributed by atoms with Crippen LogP contribution in [0.5, 0.6) is 0 Å². The van der Waals surface area contributed by atoms with Crippen LogP contribution in [-0.4, -0.2) is 9.78 Å². The molecule has 0 saturated carbocycles. The standard InChI is InChI=1S/C24H21ClN2/c1-16-4-10-19(11-5-16)23-22(25)24(20-12-6-17(2)7-13-20)27(26-23)21-14-8-18(3)9-15-21/h4-15H,1-3H3. The summed E-state index contributed by atoms with van der Waals surface area (Å²) in [5.74, 6) is 0. The number of aromatic nitrogens is 2. The van der Waals surface area contributed by atoms with Gasteiger partial charge in [0.1, 0.15) is 5.69 Å². The molecule has 27 heavy (non-hydrogen) atoms. The molecule has 3 aromatic carbocycles. The molecule has 0 saturated heterocycles. The Morgan fingerprint density at radius 1 is 0.630 bits per heavy atom. The summed E-state index contributed by atoms with van der Waals surface area (Å²) in [6.07, 6.45) is 0. The summed E-state index contributed by atoms with van der Waals surface area (Å²) < 4.78 is 1.95. The molecule has 3 heteroatoms. The molecule has 0 amide bonds. The molecule has 4 rings (SSSR count). The van der Waals surface area contributed by atoms with Gasteiger partial charge in [-0.1, -0.05) is 89.0 Å². The van der Waals surface area contributed by atoms with Crippen molar-refractivity contribution in [1.82, 2.24) is 9.78 Å². The van der Waals surface area contributed by atoms with Crippen LogP contribution in [-0.2, 0) is 0 Å². The van der Waals surface area contributed by atoms with Crippen LogP contribution in [0.4, 0.5) is 0 Å². The molecular weight excluding hydrogens is 352 g/mol. The first-order valence-corrected chi connectivity index (χ1v) is 9.40. The van der Waals surface area contributed by atoms with E-state index in [4.69, 9.17) is 16.7 Å². The molecule has 0 N–H and O–H groups in total. The SMILES string of the molecule is Cc1ccc(-c2nn(-c3ccc(C)cc3)c(-c3ccc(C)cc3)c2Cl)cc1. The molecule has 0 aliphatic heterocycles. The van der Waals surface area contributed by atoms with Crippen LogP contribution >= 0.6 is 11.6 Å². The summed E-state index contributed by atoms with van der Waals surface area (Å²) in [6, 6.07) is 25.1. The Bertz CT molecular complexity index is 1070. The van der Waals surface area contributed by atoms with Crippen molar-refractivity contribution in [2.75, 3.05) is 0 Å². The number of rotatable bonds is 3. The maximum Gasteiger partial charge on any atom is 0.112 e. The second-order valence-corrected chi connectivity index (χ2v) is 7.37. The maximum absolute atomic E-state index is 6.88. The Balaban J connectivity index is 1.95. The molecule has 0 fully saturated rings. The molecule has 1 aromatic heterocycles. The number of hydrogen-bond acceptors (Lipinski definition) is 1. The van der Waals surface area contributed by atoms with Gasteiger partial charge in [0, 0.05) is 11.1 Å². The van der Waals surface area contributed by atoms with Gasteiger partial charge in [-0.2, -0.15) is 5.10 Å². The molecule has 0 radical (unpaired) electrons. The van der Waals surface area contributed by atoms with Crippen molar-refractivity contribution in [3.63, 3.8) is 0 Å². The lowest BCUT2D eigenvalue weighted by Crippen LogP contribution is -1.99. The lowest BCUT2D eigenvalue weighted by atomic mass is 10.1. The lowest BCUT2D eigenvalue weighted by Gasteiger charge is -2.09. The number of nitrogens with zero attached hydrogens (tertiary/aromatic N) is 2. The van der Waals surface area contributed by atoms with E-state index in [1.165, 1.54) is 16.7 Å². The lowest BCUT2D eigenvalue weighted by molar-refractivity contribution is 0.891. The average Bonchev–Trinajstić information content (AvgIpc) is 3.01. The van der Waals surface area contributed by atoms with E-state index in [0.717, 1.165) is 28.2 Å². The Labute approximate surface area is 165 Å². The summed E-state index contributed by atoms with van der Waals surface area (Å²) in [5, 5.41) is 5.56.